The van der Waals surface area contributed by atoms with Crippen LogP contribution in [0.5, 0.6) is 5.75 Å². The molecule has 0 bridgehead atoms. The van der Waals surface area contributed by atoms with Gasteiger partial charge >= 0.3 is 5.57 Å². The van der Waals surface area contributed by atoms with Gasteiger partial charge in [-0.05, 0) is 42.0 Å². The topological polar surface area (TPSA) is 80.8 Å². The molecule has 0 aliphatic carbocycles. The first-order valence-electron chi connectivity index (χ1n) is 10.6. The number of amides is 1. The summed E-state index contributed by atoms with van der Waals surface area (Å²) in [6, 6.07) is 10.0. The standard InChI is InChI=1S/C24H20ClF2N5O3/c1-28-18-8-10-32(14-18)22-20(15-7-9-31(2)21(33)12-15)11-16(13-29-22)23(34)30-17-3-5-19(6-4-17)35-24(25,26)27/h3-7,9,11-13,18H,8,10,14H2,2H3,(H,30,34)/t18-/m0/s1. The molecule has 1 amide bonds. The van der Waals surface area contributed by atoms with Gasteiger partial charge in [-0.2, -0.15) is 0 Å². The number of ether oxygens (including phenoxy) is 1. The average molecular weight is 500 g/mol. The number of carbonyl (C=O) groups excluding carboxylic acids is 1. The predicted octanol–water partition coefficient (Wildman–Crippen LogP) is 4.37. The van der Waals surface area contributed by atoms with E-state index in [1.54, 1.807) is 25.4 Å². The van der Waals surface area contributed by atoms with Crippen LogP contribution in [0.4, 0.5) is 20.3 Å². The van der Waals surface area contributed by atoms with Crippen LogP contribution >= 0.6 is 11.6 Å². The Morgan fingerprint density at radius 3 is 2.66 bits per heavy atom. The van der Waals surface area contributed by atoms with Crippen molar-refractivity contribution in [3.05, 3.63) is 82.2 Å². The maximum atomic E-state index is 12.9. The molecule has 0 unspecified atom stereocenters. The van der Waals surface area contributed by atoms with Crippen LogP contribution in [0.15, 0.2) is 59.7 Å². The highest BCUT2D eigenvalue weighted by Crippen LogP contribution is 2.32. The van der Waals surface area contributed by atoms with Crippen LogP contribution in [0.1, 0.15) is 16.8 Å². The fourth-order valence-electron chi connectivity index (χ4n) is 3.74. The summed E-state index contributed by atoms with van der Waals surface area (Å²) in [4.78, 5) is 35.3. The van der Waals surface area contributed by atoms with Gasteiger partial charge in [-0.1, -0.05) is 0 Å². The Hall–Kier alpha value is -3.97. The van der Waals surface area contributed by atoms with Gasteiger partial charge in [0.2, 0.25) is 6.04 Å². The highest BCUT2D eigenvalue weighted by Gasteiger charge is 2.30. The van der Waals surface area contributed by atoms with E-state index in [2.05, 4.69) is 19.9 Å². The Morgan fingerprint density at radius 1 is 1.29 bits per heavy atom. The number of rotatable bonds is 6. The number of carbonyl (C=O) groups is 1. The van der Waals surface area contributed by atoms with Crippen LogP contribution in [0.25, 0.3) is 16.0 Å². The minimum atomic E-state index is -3.84. The molecule has 1 atom stereocenters. The van der Waals surface area contributed by atoms with Crippen molar-refractivity contribution in [3.8, 4) is 16.9 Å². The zero-order chi connectivity index (χ0) is 25.2. The second-order valence-electron chi connectivity index (χ2n) is 8.00. The number of aryl methyl sites for hydroxylation is 1. The quantitative estimate of drug-likeness (QED) is 0.402. The first-order chi connectivity index (χ1) is 16.6. The highest BCUT2D eigenvalue weighted by molar-refractivity contribution is 6.20. The number of nitrogens with zero attached hydrogens (tertiary/aromatic N) is 4. The summed E-state index contributed by atoms with van der Waals surface area (Å²) < 4.78 is 31.3. The van der Waals surface area contributed by atoms with E-state index in [1.165, 1.54) is 41.1 Å². The molecule has 1 aromatic carbocycles. The van der Waals surface area contributed by atoms with Crippen molar-refractivity contribution in [3.63, 3.8) is 0 Å². The van der Waals surface area contributed by atoms with Crippen LogP contribution < -0.4 is 20.5 Å². The van der Waals surface area contributed by atoms with Crippen molar-refractivity contribution in [2.24, 2.45) is 7.05 Å². The number of anilines is 2. The number of hydrogen-bond acceptors (Lipinski definition) is 5. The van der Waals surface area contributed by atoms with Gasteiger partial charge in [0.1, 0.15) is 11.6 Å². The molecule has 1 saturated heterocycles. The lowest BCUT2D eigenvalue weighted by atomic mass is 10.0. The summed E-state index contributed by atoms with van der Waals surface area (Å²) in [7, 11) is 1.64. The largest absolute Gasteiger partial charge is 0.487 e. The summed E-state index contributed by atoms with van der Waals surface area (Å²) in [6.45, 7) is 8.45. The Bertz CT molecular complexity index is 1350. The van der Waals surface area contributed by atoms with Gasteiger partial charge in [0, 0.05) is 61.3 Å². The number of halogens is 3. The number of nitrogens with one attached hydrogen (secondary N) is 1. The monoisotopic (exact) mass is 499 g/mol. The molecule has 1 fully saturated rings. The summed E-state index contributed by atoms with van der Waals surface area (Å²) in [5, 5.41) is 2.68. The summed E-state index contributed by atoms with van der Waals surface area (Å²) in [5.74, 6) is -0.0549. The van der Waals surface area contributed by atoms with E-state index >= 15 is 0 Å². The molecule has 35 heavy (non-hydrogen) atoms. The molecule has 2 aromatic heterocycles. The van der Waals surface area contributed by atoms with E-state index < -0.39 is 11.5 Å². The van der Waals surface area contributed by atoms with Crippen molar-refractivity contribution in [1.82, 2.24) is 9.55 Å². The van der Waals surface area contributed by atoms with E-state index in [1.807, 2.05) is 4.90 Å². The maximum Gasteiger partial charge on any atom is 0.487 e. The number of benzene rings is 1. The Balaban J connectivity index is 1.63. The van der Waals surface area contributed by atoms with Gasteiger partial charge in [-0.15, -0.1) is 8.78 Å². The predicted molar refractivity (Wildman–Crippen MR) is 128 cm³/mol. The van der Waals surface area contributed by atoms with Gasteiger partial charge in [-0.3, -0.25) is 9.59 Å². The van der Waals surface area contributed by atoms with E-state index in [9.17, 15) is 18.4 Å². The van der Waals surface area contributed by atoms with E-state index in [0.717, 1.165) is 0 Å². The molecule has 180 valence electrons. The second-order valence-corrected chi connectivity index (χ2v) is 8.44. The zero-order valence-electron chi connectivity index (χ0n) is 18.5. The van der Waals surface area contributed by atoms with Gasteiger partial charge in [-0.25, -0.2) is 11.6 Å². The van der Waals surface area contributed by atoms with Crippen molar-refractivity contribution < 1.29 is 18.3 Å². The molecule has 4 rings (SSSR count). The SMILES string of the molecule is [C-]#[N+][C@H]1CCN(c2ncc(C(=O)Nc3ccc(OC(F)(F)Cl)cc3)cc2-c2ccn(C)c(=O)c2)C1. The molecule has 11 heteroatoms. The van der Waals surface area contributed by atoms with Crippen molar-refractivity contribution >= 4 is 29.0 Å². The summed E-state index contributed by atoms with van der Waals surface area (Å²) >= 11 is 4.76. The van der Waals surface area contributed by atoms with E-state index in [4.69, 9.17) is 18.2 Å². The third kappa shape index (κ3) is 5.75. The Labute approximate surface area is 204 Å². The summed E-state index contributed by atoms with van der Waals surface area (Å²) in [5.41, 5.74) is -2.28. The number of hydrogen-bond donors (Lipinski definition) is 1. The first-order valence-corrected chi connectivity index (χ1v) is 11.0. The van der Waals surface area contributed by atoms with Gasteiger partial charge in [0.05, 0.1) is 12.1 Å². The summed E-state index contributed by atoms with van der Waals surface area (Å²) in [6.07, 6.45) is 3.76. The molecular formula is C24H20ClF2N5O3. The Morgan fingerprint density at radius 2 is 2.03 bits per heavy atom. The van der Waals surface area contributed by atoms with Crippen LogP contribution in [-0.2, 0) is 7.05 Å². The second kappa shape index (κ2) is 9.72. The normalized spacial score (nSPS) is 15.5. The lowest BCUT2D eigenvalue weighted by Gasteiger charge is -2.20. The number of aromatic nitrogens is 2. The third-order valence-corrected chi connectivity index (χ3v) is 5.61. The van der Waals surface area contributed by atoms with E-state index in [0.29, 0.717) is 42.1 Å². The minimum Gasteiger partial charge on any atom is -0.420 e. The van der Waals surface area contributed by atoms with Gasteiger partial charge in [0.25, 0.3) is 11.5 Å². The molecule has 0 radical (unpaired) electrons. The number of alkyl halides is 3. The van der Waals surface area contributed by atoms with Crippen molar-refractivity contribution in [2.75, 3.05) is 23.3 Å². The van der Waals surface area contributed by atoms with Gasteiger partial charge in [0.15, 0.2) is 0 Å². The average Bonchev–Trinajstić information content (AvgIpc) is 3.30. The molecular weight excluding hydrogens is 480 g/mol. The Kier molecular flexibility index (Phi) is 6.71. The zero-order valence-corrected chi connectivity index (χ0v) is 19.3. The van der Waals surface area contributed by atoms with Crippen LogP contribution in [-0.4, -0.2) is 40.2 Å². The fraction of sp³-hybridized carbons (Fsp3) is 0.250. The molecule has 1 N–H and O–H groups in total. The fourth-order valence-corrected chi connectivity index (χ4v) is 3.83. The molecule has 1 aliphatic rings. The van der Waals surface area contributed by atoms with Crippen LogP contribution in [0, 0.1) is 6.57 Å². The van der Waals surface area contributed by atoms with Gasteiger partial charge < -0.3 is 24.4 Å². The molecule has 0 spiro atoms. The molecule has 0 saturated carbocycles. The van der Waals surface area contributed by atoms with Crippen LogP contribution in [0.2, 0.25) is 0 Å². The van der Waals surface area contributed by atoms with E-state index in [-0.39, 0.29) is 22.9 Å². The maximum absolute atomic E-state index is 12.9. The molecule has 8 nitrogen and oxygen atoms in total. The lowest BCUT2D eigenvalue weighted by Crippen LogP contribution is -2.23. The third-order valence-electron chi connectivity index (χ3n) is 5.54. The number of pyridine rings is 2. The molecule has 3 aromatic rings. The van der Waals surface area contributed by atoms with Crippen LogP contribution in [0.3, 0.4) is 0 Å². The van der Waals surface area contributed by atoms with Crippen molar-refractivity contribution in [2.45, 2.75) is 18.0 Å². The highest BCUT2D eigenvalue weighted by atomic mass is 35.5. The minimum absolute atomic E-state index is 0.137. The molecule has 1 aliphatic heterocycles. The lowest BCUT2D eigenvalue weighted by molar-refractivity contribution is -0.0964. The smallest absolute Gasteiger partial charge is 0.420 e. The molecule has 3 heterocycles. The van der Waals surface area contributed by atoms with Crippen molar-refractivity contribution in [1.29, 1.82) is 0 Å². The first kappa shape index (κ1) is 24.2.